The Kier molecular flexibility index (Phi) is 3.81. The van der Waals surface area contributed by atoms with Crippen molar-refractivity contribution in [3.63, 3.8) is 0 Å². The van der Waals surface area contributed by atoms with Crippen molar-refractivity contribution in [3.05, 3.63) is 18.0 Å². The molecule has 1 aliphatic rings. The first-order valence-corrected chi connectivity index (χ1v) is 6.50. The predicted molar refractivity (Wildman–Crippen MR) is 65.3 cm³/mol. The minimum Gasteiger partial charge on any atom is -0.302 e. The third kappa shape index (κ3) is 3.05. The number of halogens is 1. The molecule has 0 amide bonds. The van der Waals surface area contributed by atoms with E-state index in [1.165, 1.54) is 31.6 Å². The fourth-order valence-corrected chi connectivity index (χ4v) is 2.85. The molecule has 0 spiro atoms. The van der Waals surface area contributed by atoms with E-state index in [1.54, 1.807) is 0 Å². The Labute approximate surface area is 99.6 Å². The van der Waals surface area contributed by atoms with Gasteiger partial charge in [-0.1, -0.05) is 15.9 Å². The zero-order valence-electron chi connectivity index (χ0n) is 9.19. The molecule has 3 nitrogen and oxygen atoms in total. The minimum absolute atomic E-state index is 0.692. The van der Waals surface area contributed by atoms with E-state index in [4.69, 9.17) is 0 Å². The second-order valence-corrected chi connectivity index (χ2v) is 5.53. The molecule has 0 aliphatic carbocycles. The van der Waals surface area contributed by atoms with Gasteiger partial charge in [0.15, 0.2) is 0 Å². The summed E-state index contributed by atoms with van der Waals surface area (Å²) < 4.78 is 1.97. The highest BCUT2D eigenvalue weighted by molar-refractivity contribution is 9.09. The zero-order chi connectivity index (χ0) is 10.7. The molecule has 4 heteroatoms. The molecule has 1 aliphatic heterocycles. The second kappa shape index (κ2) is 5.12. The Balaban J connectivity index is 1.80. The van der Waals surface area contributed by atoms with E-state index < -0.39 is 0 Å². The van der Waals surface area contributed by atoms with E-state index in [0.29, 0.717) is 4.83 Å². The number of piperidine rings is 1. The van der Waals surface area contributed by atoms with E-state index in [0.717, 1.165) is 13.0 Å². The summed E-state index contributed by atoms with van der Waals surface area (Å²) in [6.45, 7) is 3.60. The van der Waals surface area contributed by atoms with Gasteiger partial charge in [-0.05, 0) is 25.5 Å². The molecule has 0 aromatic carbocycles. The van der Waals surface area contributed by atoms with Crippen molar-refractivity contribution in [1.82, 2.24) is 14.7 Å². The number of hydrogen-bond donors (Lipinski definition) is 0. The standard InChI is InChI=1S/C11H18BrN3/c1-14-11(4-6-13-14)5-8-15-7-2-3-10(12)9-15/h4,6,10H,2-3,5,7-9H2,1H3. The average Bonchev–Trinajstić information content (AvgIpc) is 2.61. The third-order valence-corrected chi connectivity index (χ3v) is 3.80. The molecular formula is C11H18BrN3. The van der Waals surface area contributed by atoms with Crippen molar-refractivity contribution in [2.75, 3.05) is 19.6 Å². The van der Waals surface area contributed by atoms with Crippen molar-refractivity contribution in [1.29, 1.82) is 0 Å². The molecule has 15 heavy (non-hydrogen) atoms. The van der Waals surface area contributed by atoms with Crippen LogP contribution in [0.5, 0.6) is 0 Å². The quantitative estimate of drug-likeness (QED) is 0.783. The Morgan fingerprint density at radius 3 is 3.13 bits per heavy atom. The van der Waals surface area contributed by atoms with Crippen LogP contribution in [0.4, 0.5) is 0 Å². The maximum atomic E-state index is 4.18. The van der Waals surface area contributed by atoms with Gasteiger partial charge in [0.1, 0.15) is 0 Å². The van der Waals surface area contributed by atoms with Crippen LogP contribution in [-0.2, 0) is 13.5 Å². The highest BCUT2D eigenvalue weighted by atomic mass is 79.9. The number of nitrogens with zero attached hydrogens (tertiary/aromatic N) is 3. The summed E-state index contributed by atoms with van der Waals surface area (Å²) in [5, 5.41) is 4.18. The molecule has 0 saturated carbocycles. The van der Waals surface area contributed by atoms with Crippen molar-refractivity contribution in [3.8, 4) is 0 Å². The first-order valence-electron chi connectivity index (χ1n) is 5.59. The summed E-state index contributed by atoms with van der Waals surface area (Å²) in [6.07, 6.45) is 5.62. The van der Waals surface area contributed by atoms with Crippen LogP contribution in [0.3, 0.4) is 0 Å². The van der Waals surface area contributed by atoms with E-state index in [2.05, 4.69) is 32.0 Å². The lowest BCUT2D eigenvalue weighted by molar-refractivity contribution is 0.237. The Morgan fingerprint density at radius 1 is 1.60 bits per heavy atom. The molecule has 1 saturated heterocycles. The predicted octanol–water partition coefficient (Wildman–Crippen LogP) is 1.82. The van der Waals surface area contributed by atoms with Crippen molar-refractivity contribution >= 4 is 15.9 Å². The van der Waals surface area contributed by atoms with Crippen LogP contribution in [0, 0.1) is 0 Å². The summed E-state index contributed by atoms with van der Waals surface area (Å²) in [5.74, 6) is 0. The van der Waals surface area contributed by atoms with Crippen molar-refractivity contribution < 1.29 is 0 Å². The lowest BCUT2D eigenvalue weighted by Crippen LogP contribution is -2.37. The summed E-state index contributed by atoms with van der Waals surface area (Å²) >= 11 is 3.70. The van der Waals surface area contributed by atoms with Gasteiger partial charge >= 0.3 is 0 Å². The van der Waals surface area contributed by atoms with Crippen LogP contribution in [0.1, 0.15) is 18.5 Å². The molecule has 1 unspecified atom stereocenters. The molecule has 0 radical (unpaired) electrons. The lowest BCUT2D eigenvalue weighted by atomic mass is 10.1. The summed E-state index contributed by atoms with van der Waals surface area (Å²) in [7, 11) is 2.01. The molecular weight excluding hydrogens is 254 g/mol. The fourth-order valence-electron chi connectivity index (χ4n) is 2.12. The van der Waals surface area contributed by atoms with Crippen LogP contribution in [0.15, 0.2) is 12.3 Å². The van der Waals surface area contributed by atoms with Crippen molar-refractivity contribution in [2.24, 2.45) is 7.05 Å². The van der Waals surface area contributed by atoms with Gasteiger partial charge in [-0.25, -0.2) is 0 Å². The fraction of sp³-hybridized carbons (Fsp3) is 0.727. The second-order valence-electron chi connectivity index (χ2n) is 4.24. The molecule has 84 valence electrons. The van der Waals surface area contributed by atoms with Crippen molar-refractivity contribution in [2.45, 2.75) is 24.1 Å². The smallest absolute Gasteiger partial charge is 0.0492 e. The topological polar surface area (TPSA) is 21.1 Å². The van der Waals surface area contributed by atoms with Gasteiger partial charge in [-0.15, -0.1) is 0 Å². The minimum atomic E-state index is 0.692. The van der Waals surface area contributed by atoms with Gasteiger partial charge in [-0.3, -0.25) is 4.68 Å². The number of hydrogen-bond acceptors (Lipinski definition) is 2. The van der Waals surface area contributed by atoms with Crippen LogP contribution < -0.4 is 0 Å². The Morgan fingerprint density at radius 2 is 2.47 bits per heavy atom. The van der Waals surface area contributed by atoms with Gasteiger partial charge in [-0.2, -0.15) is 5.10 Å². The lowest BCUT2D eigenvalue weighted by Gasteiger charge is -2.29. The van der Waals surface area contributed by atoms with Crippen LogP contribution in [0.2, 0.25) is 0 Å². The zero-order valence-corrected chi connectivity index (χ0v) is 10.8. The van der Waals surface area contributed by atoms with Gasteiger partial charge in [0.05, 0.1) is 0 Å². The first-order chi connectivity index (χ1) is 7.25. The molecule has 2 rings (SSSR count). The van der Waals surface area contributed by atoms with Gasteiger partial charge < -0.3 is 4.90 Å². The molecule has 1 aromatic rings. The van der Waals surface area contributed by atoms with E-state index in [9.17, 15) is 0 Å². The van der Waals surface area contributed by atoms with Gasteiger partial charge in [0.25, 0.3) is 0 Å². The van der Waals surface area contributed by atoms with Crippen LogP contribution in [0.25, 0.3) is 0 Å². The van der Waals surface area contributed by atoms with Gasteiger partial charge in [0, 0.05) is 43.3 Å². The number of aryl methyl sites for hydroxylation is 1. The number of alkyl halides is 1. The summed E-state index contributed by atoms with van der Waals surface area (Å²) in [5.41, 5.74) is 1.33. The molecule has 2 heterocycles. The molecule has 0 N–H and O–H groups in total. The molecule has 1 atom stereocenters. The van der Waals surface area contributed by atoms with Gasteiger partial charge in [0.2, 0.25) is 0 Å². The van der Waals surface area contributed by atoms with E-state index in [-0.39, 0.29) is 0 Å². The maximum Gasteiger partial charge on any atom is 0.0492 e. The SMILES string of the molecule is Cn1nccc1CCN1CCCC(Br)C1. The first kappa shape index (κ1) is 11.1. The highest BCUT2D eigenvalue weighted by Crippen LogP contribution is 2.16. The molecule has 0 bridgehead atoms. The van der Waals surface area contributed by atoms with E-state index >= 15 is 0 Å². The Hall–Kier alpha value is -0.350. The monoisotopic (exact) mass is 271 g/mol. The average molecular weight is 272 g/mol. The van der Waals surface area contributed by atoms with E-state index in [1.807, 2.05) is 17.9 Å². The third-order valence-electron chi connectivity index (χ3n) is 3.05. The largest absolute Gasteiger partial charge is 0.302 e. The number of rotatable bonds is 3. The number of likely N-dealkylation sites (tertiary alicyclic amines) is 1. The summed E-state index contributed by atoms with van der Waals surface area (Å²) in [6, 6.07) is 2.11. The van der Waals surface area contributed by atoms with Crippen LogP contribution in [-0.4, -0.2) is 39.1 Å². The van der Waals surface area contributed by atoms with Crippen LogP contribution >= 0.6 is 15.9 Å². The highest BCUT2D eigenvalue weighted by Gasteiger charge is 2.17. The molecule has 1 fully saturated rings. The Bertz CT molecular complexity index is 311. The normalized spacial score (nSPS) is 23.2. The summed E-state index contributed by atoms with van der Waals surface area (Å²) in [4.78, 5) is 3.23. The maximum absolute atomic E-state index is 4.18. The number of aromatic nitrogens is 2. The molecule has 1 aromatic heterocycles.